The zero-order valence-electron chi connectivity index (χ0n) is 7.16. The molecule has 1 aliphatic rings. The highest BCUT2D eigenvalue weighted by Crippen LogP contribution is 2.24. The third-order valence-corrected chi connectivity index (χ3v) is 2.50. The van der Waals surface area contributed by atoms with Gasteiger partial charge in [0.1, 0.15) is 0 Å². The van der Waals surface area contributed by atoms with Crippen LogP contribution in [-0.4, -0.2) is 15.8 Å². The summed E-state index contributed by atoms with van der Waals surface area (Å²) < 4.78 is 2.05. The van der Waals surface area contributed by atoms with Crippen molar-refractivity contribution in [3.63, 3.8) is 0 Å². The van der Waals surface area contributed by atoms with Crippen LogP contribution >= 0.6 is 0 Å². The van der Waals surface area contributed by atoms with Crippen molar-refractivity contribution in [3.05, 3.63) is 17.7 Å². The molecule has 0 aliphatic carbocycles. The second-order valence-corrected chi connectivity index (χ2v) is 3.34. The topological polar surface area (TPSA) is 34.9 Å². The number of imidazole rings is 1. The van der Waals surface area contributed by atoms with E-state index in [2.05, 4.69) is 16.5 Å². The summed E-state index contributed by atoms with van der Waals surface area (Å²) in [5, 5.41) is 0. The second-order valence-electron chi connectivity index (χ2n) is 3.34. The molecule has 12 heavy (non-hydrogen) atoms. The van der Waals surface area contributed by atoms with E-state index < -0.39 is 0 Å². The Kier molecular flexibility index (Phi) is 1.71. The van der Waals surface area contributed by atoms with Gasteiger partial charge in [0.2, 0.25) is 0 Å². The lowest BCUT2D eigenvalue weighted by molar-refractivity contribution is 0.110. The number of hydrogen-bond donors (Lipinski definition) is 0. The predicted molar refractivity (Wildman–Crippen MR) is 45.3 cm³/mol. The highest BCUT2D eigenvalue weighted by atomic mass is 16.1. The van der Waals surface area contributed by atoms with Crippen LogP contribution in [0.15, 0.2) is 6.20 Å². The van der Waals surface area contributed by atoms with Crippen LogP contribution in [0.2, 0.25) is 0 Å². The molecule has 0 saturated heterocycles. The Bertz CT molecular complexity index is 303. The maximum atomic E-state index is 10.6. The lowest BCUT2D eigenvalue weighted by atomic mass is 10.0. The Balaban J connectivity index is 2.50. The lowest BCUT2D eigenvalue weighted by Crippen LogP contribution is -2.16. The van der Waals surface area contributed by atoms with Gasteiger partial charge in [0.05, 0.1) is 0 Å². The molecule has 0 spiro atoms. The third-order valence-electron chi connectivity index (χ3n) is 2.50. The number of nitrogens with zero attached hydrogens (tertiary/aromatic N) is 2. The van der Waals surface area contributed by atoms with Crippen LogP contribution in [0.4, 0.5) is 0 Å². The molecule has 1 aliphatic heterocycles. The second kappa shape index (κ2) is 2.73. The monoisotopic (exact) mass is 164 g/mol. The van der Waals surface area contributed by atoms with E-state index in [0.717, 1.165) is 19.1 Å². The van der Waals surface area contributed by atoms with Gasteiger partial charge < -0.3 is 4.57 Å². The Labute approximate surface area is 71.4 Å². The van der Waals surface area contributed by atoms with Crippen molar-refractivity contribution in [3.8, 4) is 0 Å². The number of rotatable bonds is 1. The zero-order valence-corrected chi connectivity index (χ0v) is 7.16. The maximum absolute atomic E-state index is 10.6. The van der Waals surface area contributed by atoms with Gasteiger partial charge >= 0.3 is 0 Å². The standard InChI is InChI=1S/C9H12N2O/c1-7-3-2-4-8-5-10-9(6-12)11(7)8/h5-7H,2-4H2,1H3. The van der Waals surface area contributed by atoms with E-state index in [1.54, 1.807) is 0 Å². The Hall–Kier alpha value is -1.12. The molecule has 1 atom stereocenters. The molecule has 0 bridgehead atoms. The lowest BCUT2D eigenvalue weighted by Gasteiger charge is -2.22. The summed E-state index contributed by atoms with van der Waals surface area (Å²) in [4.78, 5) is 14.7. The first-order valence-corrected chi connectivity index (χ1v) is 4.34. The zero-order chi connectivity index (χ0) is 8.55. The van der Waals surface area contributed by atoms with E-state index >= 15 is 0 Å². The SMILES string of the molecule is CC1CCCc2cnc(C=O)n21. The summed E-state index contributed by atoms with van der Waals surface area (Å²) in [7, 11) is 0. The van der Waals surface area contributed by atoms with Crippen molar-refractivity contribution < 1.29 is 4.79 Å². The first kappa shape index (κ1) is 7.53. The quantitative estimate of drug-likeness (QED) is 0.591. The summed E-state index contributed by atoms with van der Waals surface area (Å²) in [6, 6.07) is 0.441. The minimum absolute atomic E-state index is 0.441. The van der Waals surface area contributed by atoms with Crippen LogP contribution in [0.25, 0.3) is 0 Å². The summed E-state index contributed by atoms with van der Waals surface area (Å²) in [5.41, 5.74) is 1.20. The minimum atomic E-state index is 0.441. The van der Waals surface area contributed by atoms with Gasteiger partial charge in [0.25, 0.3) is 0 Å². The molecule has 2 rings (SSSR count). The number of carbonyl (C=O) groups excluding carboxylic acids is 1. The summed E-state index contributed by atoms with van der Waals surface area (Å²) in [5.74, 6) is 0.581. The van der Waals surface area contributed by atoms with Crippen molar-refractivity contribution in [2.24, 2.45) is 0 Å². The van der Waals surface area contributed by atoms with E-state index in [4.69, 9.17) is 0 Å². The number of carbonyl (C=O) groups is 1. The molecule has 2 heterocycles. The maximum Gasteiger partial charge on any atom is 0.185 e. The van der Waals surface area contributed by atoms with Gasteiger partial charge in [0.15, 0.2) is 12.1 Å². The van der Waals surface area contributed by atoms with Gasteiger partial charge in [0, 0.05) is 17.9 Å². The molecule has 0 saturated carbocycles. The predicted octanol–water partition coefficient (Wildman–Crippen LogP) is 1.59. The number of aryl methyl sites for hydroxylation is 1. The van der Waals surface area contributed by atoms with Crippen molar-refractivity contribution in [1.29, 1.82) is 0 Å². The number of aldehydes is 1. The van der Waals surface area contributed by atoms with Crippen molar-refractivity contribution in [1.82, 2.24) is 9.55 Å². The smallest absolute Gasteiger partial charge is 0.185 e. The van der Waals surface area contributed by atoms with Gasteiger partial charge in [-0.3, -0.25) is 4.79 Å². The minimum Gasteiger partial charge on any atom is -0.323 e. The van der Waals surface area contributed by atoms with Crippen LogP contribution < -0.4 is 0 Å². The van der Waals surface area contributed by atoms with E-state index in [1.165, 1.54) is 12.1 Å². The van der Waals surface area contributed by atoms with Gasteiger partial charge in [-0.2, -0.15) is 0 Å². The number of hydrogen-bond acceptors (Lipinski definition) is 2. The first-order chi connectivity index (χ1) is 5.83. The highest BCUT2D eigenvalue weighted by molar-refractivity contribution is 5.69. The van der Waals surface area contributed by atoms with Crippen molar-refractivity contribution >= 4 is 6.29 Å². The molecular weight excluding hydrogens is 152 g/mol. The highest BCUT2D eigenvalue weighted by Gasteiger charge is 2.18. The molecular formula is C9H12N2O. The van der Waals surface area contributed by atoms with Gasteiger partial charge in [-0.15, -0.1) is 0 Å². The van der Waals surface area contributed by atoms with Crippen LogP contribution in [-0.2, 0) is 6.42 Å². The molecule has 1 aromatic rings. The van der Waals surface area contributed by atoms with Crippen molar-refractivity contribution in [2.45, 2.75) is 32.2 Å². The number of aromatic nitrogens is 2. The van der Waals surface area contributed by atoms with Gasteiger partial charge in [-0.1, -0.05) is 0 Å². The Morgan fingerprint density at radius 2 is 2.58 bits per heavy atom. The molecule has 0 radical (unpaired) electrons. The molecule has 1 unspecified atom stereocenters. The first-order valence-electron chi connectivity index (χ1n) is 4.34. The largest absolute Gasteiger partial charge is 0.323 e. The Morgan fingerprint density at radius 1 is 1.75 bits per heavy atom. The molecule has 1 aromatic heterocycles. The van der Waals surface area contributed by atoms with Crippen LogP contribution in [0.3, 0.4) is 0 Å². The van der Waals surface area contributed by atoms with E-state index in [9.17, 15) is 4.79 Å². The van der Waals surface area contributed by atoms with Crippen molar-refractivity contribution in [2.75, 3.05) is 0 Å². The Morgan fingerprint density at radius 3 is 3.33 bits per heavy atom. The fraction of sp³-hybridized carbons (Fsp3) is 0.556. The molecule has 0 fully saturated rings. The molecule has 0 amide bonds. The van der Waals surface area contributed by atoms with Crippen LogP contribution in [0.5, 0.6) is 0 Å². The van der Waals surface area contributed by atoms with Crippen LogP contribution in [0, 0.1) is 0 Å². The summed E-state index contributed by atoms with van der Waals surface area (Å²) in [6.07, 6.45) is 6.09. The van der Waals surface area contributed by atoms with E-state index in [0.29, 0.717) is 11.9 Å². The third kappa shape index (κ3) is 0.967. The average molecular weight is 164 g/mol. The molecule has 3 nitrogen and oxygen atoms in total. The fourth-order valence-electron chi connectivity index (χ4n) is 1.90. The summed E-state index contributed by atoms with van der Waals surface area (Å²) in [6.45, 7) is 2.14. The van der Waals surface area contributed by atoms with E-state index in [-0.39, 0.29) is 0 Å². The normalized spacial score (nSPS) is 21.9. The van der Waals surface area contributed by atoms with Crippen LogP contribution in [0.1, 0.15) is 42.1 Å². The van der Waals surface area contributed by atoms with Gasteiger partial charge in [-0.05, 0) is 26.2 Å². The average Bonchev–Trinajstić information content (AvgIpc) is 2.49. The number of fused-ring (bicyclic) bond motifs is 1. The summed E-state index contributed by atoms with van der Waals surface area (Å²) >= 11 is 0. The van der Waals surface area contributed by atoms with E-state index in [1.807, 2.05) is 6.20 Å². The van der Waals surface area contributed by atoms with Gasteiger partial charge in [-0.25, -0.2) is 4.98 Å². The fourth-order valence-corrected chi connectivity index (χ4v) is 1.90. The molecule has 3 heteroatoms. The molecule has 0 N–H and O–H groups in total. The molecule has 0 aromatic carbocycles. The molecule has 64 valence electrons.